The highest BCUT2D eigenvalue weighted by molar-refractivity contribution is 5.46. The van der Waals surface area contributed by atoms with Gasteiger partial charge >= 0.3 is 0 Å². The van der Waals surface area contributed by atoms with Crippen LogP contribution < -0.4 is 16.0 Å². The number of benzene rings is 1. The van der Waals surface area contributed by atoms with E-state index in [1.807, 2.05) is 0 Å². The maximum absolute atomic E-state index is 6.10. The number of anilines is 1. The molecule has 1 heterocycles. The van der Waals surface area contributed by atoms with Crippen LogP contribution in [0.15, 0.2) is 30.3 Å². The van der Waals surface area contributed by atoms with Crippen LogP contribution in [-0.2, 0) is 0 Å². The van der Waals surface area contributed by atoms with Gasteiger partial charge in [-0.05, 0) is 50.3 Å². The SMILES string of the molecule is NCC1(NCCCC2CC2)CCN(c2ccccc2)CC1. The molecule has 0 bridgehead atoms. The van der Waals surface area contributed by atoms with Crippen molar-refractivity contribution >= 4 is 5.69 Å². The number of nitrogens with two attached hydrogens (primary N) is 1. The third-order valence-corrected chi connectivity index (χ3v) is 5.22. The number of para-hydroxylation sites is 1. The first-order valence-electron chi connectivity index (χ1n) is 8.56. The van der Waals surface area contributed by atoms with E-state index in [0.29, 0.717) is 0 Å². The molecule has 1 aliphatic carbocycles. The van der Waals surface area contributed by atoms with Gasteiger partial charge in [0.05, 0.1) is 0 Å². The lowest BCUT2D eigenvalue weighted by molar-refractivity contribution is 0.265. The van der Waals surface area contributed by atoms with Crippen molar-refractivity contribution in [2.24, 2.45) is 11.7 Å². The normalized spacial score (nSPS) is 21.5. The van der Waals surface area contributed by atoms with Gasteiger partial charge in [0.25, 0.3) is 0 Å². The second-order valence-electron chi connectivity index (χ2n) is 6.82. The molecule has 21 heavy (non-hydrogen) atoms. The minimum atomic E-state index is 0.175. The molecule has 3 nitrogen and oxygen atoms in total. The summed E-state index contributed by atoms with van der Waals surface area (Å²) in [5.41, 5.74) is 7.62. The quantitative estimate of drug-likeness (QED) is 0.758. The molecule has 3 heteroatoms. The zero-order valence-corrected chi connectivity index (χ0v) is 13.1. The van der Waals surface area contributed by atoms with Gasteiger partial charge in [0.2, 0.25) is 0 Å². The minimum Gasteiger partial charge on any atom is -0.371 e. The average molecular weight is 287 g/mol. The van der Waals surface area contributed by atoms with Gasteiger partial charge in [-0.2, -0.15) is 0 Å². The molecule has 2 aliphatic rings. The van der Waals surface area contributed by atoms with Gasteiger partial charge in [0.15, 0.2) is 0 Å². The summed E-state index contributed by atoms with van der Waals surface area (Å²) in [5.74, 6) is 1.04. The maximum Gasteiger partial charge on any atom is 0.0366 e. The molecule has 1 saturated heterocycles. The Balaban J connectivity index is 1.46. The Labute approximate surface area is 128 Å². The molecule has 1 aromatic rings. The molecule has 2 fully saturated rings. The molecule has 3 rings (SSSR count). The number of hydrogen-bond donors (Lipinski definition) is 2. The Morgan fingerprint density at radius 2 is 1.86 bits per heavy atom. The molecule has 3 N–H and O–H groups in total. The first kappa shape index (κ1) is 14.9. The van der Waals surface area contributed by atoms with Crippen LogP contribution in [0.3, 0.4) is 0 Å². The van der Waals surface area contributed by atoms with E-state index < -0.39 is 0 Å². The van der Waals surface area contributed by atoms with Crippen molar-refractivity contribution in [3.8, 4) is 0 Å². The van der Waals surface area contributed by atoms with Crippen LogP contribution in [0.1, 0.15) is 38.5 Å². The van der Waals surface area contributed by atoms with Crippen LogP contribution in [-0.4, -0.2) is 31.7 Å². The average Bonchev–Trinajstić information content (AvgIpc) is 3.37. The van der Waals surface area contributed by atoms with Crippen molar-refractivity contribution in [2.75, 3.05) is 31.1 Å². The Morgan fingerprint density at radius 1 is 1.14 bits per heavy atom. The van der Waals surface area contributed by atoms with Crippen molar-refractivity contribution in [1.29, 1.82) is 0 Å². The number of piperidine rings is 1. The van der Waals surface area contributed by atoms with Gasteiger partial charge in [0.1, 0.15) is 0 Å². The summed E-state index contributed by atoms with van der Waals surface area (Å²) in [7, 11) is 0. The smallest absolute Gasteiger partial charge is 0.0366 e. The summed E-state index contributed by atoms with van der Waals surface area (Å²) in [6.45, 7) is 4.12. The van der Waals surface area contributed by atoms with Gasteiger partial charge in [-0.3, -0.25) is 0 Å². The van der Waals surface area contributed by atoms with Crippen molar-refractivity contribution in [3.63, 3.8) is 0 Å². The molecule has 0 radical (unpaired) electrons. The summed E-state index contributed by atoms with van der Waals surface area (Å²) < 4.78 is 0. The molecule has 0 unspecified atom stereocenters. The van der Waals surface area contributed by atoms with E-state index >= 15 is 0 Å². The lowest BCUT2D eigenvalue weighted by Crippen LogP contribution is -2.58. The Bertz CT molecular complexity index is 419. The summed E-state index contributed by atoms with van der Waals surface area (Å²) in [6.07, 6.45) is 7.96. The standard InChI is InChI=1S/C18H29N3/c19-15-18(20-12-4-5-16-8-9-16)10-13-21(14-11-18)17-6-2-1-3-7-17/h1-3,6-7,16,20H,4-5,8-15,19H2. The Hall–Kier alpha value is -1.06. The molecular weight excluding hydrogens is 258 g/mol. The van der Waals surface area contributed by atoms with E-state index in [-0.39, 0.29) is 5.54 Å². The highest BCUT2D eigenvalue weighted by Gasteiger charge is 2.32. The van der Waals surface area contributed by atoms with E-state index in [0.717, 1.165) is 44.9 Å². The zero-order valence-electron chi connectivity index (χ0n) is 13.1. The van der Waals surface area contributed by atoms with Gasteiger partial charge in [-0.1, -0.05) is 31.0 Å². The van der Waals surface area contributed by atoms with Crippen molar-refractivity contribution < 1.29 is 0 Å². The van der Waals surface area contributed by atoms with Crippen molar-refractivity contribution in [2.45, 2.75) is 44.1 Å². The van der Waals surface area contributed by atoms with Crippen LogP contribution in [0, 0.1) is 5.92 Å². The van der Waals surface area contributed by atoms with Crippen LogP contribution in [0.25, 0.3) is 0 Å². The summed E-state index contributed by atoms with van der Waals surface area (Å²) in [4.78, 5) is 2.49. The third-order valence-electron chi connectivity index (χ3n) is 5.22. The molecule has 1 aromatic carbocycles. The molecule has 0 atom stereocenters. The van der Waals surface area contributed by atoms with E-state index in [1.54, 1.807) is 0 Å². The lowest BCUT2D eigenvalue weighted by Gasteiger charge is -2.43. The molecule has 0 spiro atoms. The van der Waals surface area contributed by atoms with E-state index in [2.05, 4.69) is 40.5 Å². The highest BCUT2D eigenvalue weighted by atomic mass is 15.2. The highest BCUT2D eigenvalue weighted by Crippen LogP contribution is 2.33. The van der Waals surface area contributed by atoms with Gasteiger partial charge in [0, 0.05) is 30.9 Å². The fraction of sp³-hybridized carbons (Fsp3) is 0.667. The summed E-state index contributed by atoms with van der Waals surface area (Å²) >= 11 is 0. The topological polar surface area (TPSA) is 41.3 Å². The second kappa shape index (κ2) is 6.80. The van der Waals surface area contributed by atoms with Crippen LogP contribution >= 0.6 is 0 Å². The lowest BCUT2D eigenvalue weighted by atomic mass is 9.87. The zero-order chi connectivity index (χ0) is 14.5. The summed E-state index contributed by atoms with van der Waals surface area (Å²) in [6, 6.07) is 10.7. The molecule has 0 aromatic heterocycles. The molecule has 116 valence electrons. The van der Waals surface area contributed by atoms with Gasteiger partial charge in [-0.15, -0.1) is 0 Å². The largest absolute Gasteiger partial charge is 0.371 e. The van der Waals surface area contributed by atoms with E-state index in [4.69, 9.17) is 5.73 Å². The minimum absolute atomic E-state index is 0.175. The molecule has 1 aliphatic heterocycles. The molecule has 0 amide bonds. The van der Waals surface area contributed by atoms with Gasteiger partial charge < -0.3 is 16.0 Å². The predicted molar refractivity (Wildman–Crippen MR) is 89.6 cm³/mol. The fourth-order valence-electron chi connectivity index (χ4n) is 3.44. The van der Waals surface area contributed by atoms with Crippen LogP contribution in [0.5, 0.6) is 0 Å². The van der Waals surface area contributed by atoms with Crippen molar-refractivity contribution in [3.05, 3.63) is 30.3 Å². The van der Waals surface area contributed by atoms with Crippen molar-refractivity contribution in [1.82, 2.24) is 5.32 Å². The summed E-state index contributed by atoms with van der Waals surface area (Å²) in [5, 5.41) is 3.79. The predicted octanol–water partition coefficient (Wildman–Crippen LogP) is 2.76. The van der Waals surface area contributed by atoms with Crippen LogP contribution in [0.4, 0.5) is 5.69 Å². The number of hydrogen-bond acceptors (Lipinski definition) is 3. The maximum atomic E-state index is 6.10. The first-order chi connectivity index (χ1) is 10.3. The number of rotatable bonds is 7. The van der Waals surface area contributed by atoms with Gasteiger partial charge in [-0.25, -0.2) is 0 Å². The Morgan fingerprint density at radius 3 is 2.48 bits per heavy atom. The van der Waals surface area contributed by atoms with Crippen LogP contribution in [0.2, 0.25) is 0 Å². The third kappa shape index (κ3) is 3.98. The number of nitrogens with zero attached hydrogens (tertiary/aromatic N) is 1. The second-order valence-corrected chi connectivity index (χ2v) is 6.82. The molecule has 1 saturated carbocycles. The van der Waals surface area contributed by atoms with E-state index in [1.165, 1.54) is 31.4 Å². The first-order valence-corrected chi connectivity index (χ1v) is 8.56. The Kier molecular flexibility index (Phi) is 4.81. The van der Waals surface area contributed by atoms with E-state index in [9.17, 15) is 0 Å². The fourth-order valence-corrected chi connectivity index (χ4v) is 3.44. The number of nitrogens with one attached hydrogen (secondary N) is 1. The molecular formula is C18H29N3. The monoisotopic (exact) mass is 287 g/mol.